The van der Waals surface area contributed by atoms with Crippen LogP contribution in [0.4, 0.5) is 0 Å². The summed E-state index contributed by atoms with van der Waals surface area (Å²) in [6.07, 6.45) is 1.83. The number of aryl methyl sites for hydroxylation is 1. The molecule has 144 valence electrons. The molecule has 1 aromatic heterocycles. The average Bonchev–Trinajstić information content (AvgIpc) is 2.70. The summed E-state index contributed by atoms with van der Waals surface area (Å²) in [6, 6.07) is 12.3. The summed E-state index contributed by atoms with van der Waals surface area (Å²) in [7, 11) is 1.82. The van der Waals surface area contributed by atoms with Crippen LogP contribution in [0.2, 0.25) is 0 Å². The van der Waals surface area contributed by atoms with E-state index in [-0.39, 0.29) is 6.10 Å². The van der Waals surface area contributed by atoms with Gasteiger partial charge in [-0.1, -0.05) is 24.3 Å². The molecule has 2 aromatic rings. The molecule has 1 fully saturated rings. The van der Waals surface area contributed by atoms with E-state index in [1.54, 1.807) is 6.20 Å². The predicted molar refractivity (Wildman–Crippen MR) is 107 cm³/mol. The molecule has 0 bridgehead atoms. The Morgan fingerprint density at radius 2 is 2.22 bits per heavy atom. The lowest BCUT2D eigenvalue weighted by atomic mass is 10.0. The fourth-order valence-corrected chi connectivity index (χ4v) is 3.28. The molecule has 1 saturated heterocycles. The number of ether oxygens (including phenoxy) is 2. The zero-order valence-corrected chi connectivity index (χ0v) is 16.3. The highest BCUT2D eigenvalue weighted by Crippen LogP contribution is 2.25. The van der Waals surface area contributed by atoms with Crippen molar-refractivity contribution in [2.45, 2.75) is 26.5 Å². The van der Waals surface area contributed by atoms with Gasteiger partial charge in [0.25, 0.3) is 0 Å². The van der Waals surface area contributed by atoms with Crippen LogP contribution in [0.1, 0.15) is 29.7 Å². The number of rotatable bonds is 5. The Morgan fingerprint density at radius 3 is 3.00 bits per heavy atom. The number of hydrogen-bond acceptors (Lipinski definition) is 4. The Hall–Kier alpha value is -2.60. The third-order valence-corrected chi connectivity index (χ3v) is 4.66. The number of hydrogen-bond donors (Lipinski definition) is 1. The lowest BCUT2D eigenvalue weighted by Crippen LogP contribution is -2.48. The summed E-state index contributed by atoms with van der Waals surface area (Å²) in [6.45, 7) is 7.65. The first-order chi connectivity index (χ1) is 13.2. The summed E-state index contributed by atoms with van der Waals surface area (Å²) in [4.78, 5) is 10.9. The van der Waals surface area contributed by atoms with Crippen molar-refractivity contribution in [3.8, 4) is 5.88 Å². The molecule has 1 aliphatic rings. The van der Waals surface area contributed by atoms with Crippen LogP contribution in [-0.4, -0.2) is 49.2 Å². The van der Waals surface area contributed by atoms with Crippen LogP contribution in [0.25, 0.3) is 0 Å². The van der Waals surface area contributed by atoms with Crippen molar-refractivity contribution in [1.82, 2.24) is 15.2 Å². The fourth-order valence-electron chi connectivity index (χ4n) is 3.28. The van der Waals surface area contributed by atoms with Crippen molar-refractivity contribution in [2.75, 3.05) is 33.4 Å². The smallest absolute Gasteiger partial charge is 0.213 e. The van der Waals surface area contributed by atoms with Crippen molar-refractivity contribution in [3.05, 3.63) is 59.3 Å². The molecule has 1 aromatic carbocycles. The summed E-state index contributed by atoms with van der Waals surface area (Å²) in [5.74, 6) is 1.53. The quantitative estimate of drug-likeness (QED) is 0.650. The minimum atomic E-state index is 0.0592. The Labute approximate surface area is 161 Å². The standard InChI is InChI=1S/C21H28N4O2/c1-4-26-20-13-17(9-10-23-20)14-24-21(22-3)25-11-12-27-19(15-25)18-8-6-5-7-16(18)2/h5-10,13,19H,4,11-12,14-15H2,1-3H3,(H,22,24). The van der Waals surface area contributed by atoms with Gasteiger partial charge < -0.3 is 19.7 Å². The lowest BCUT2D eigenvalue weighted by molar-refractivity contribution is -0.00833. The van der Waals surface area contributed by atoms with E-state index < -0.39 is 0 Å². The fraction of sp³-hybridized carbons (Fsp3) is 0.429. The van der Waals surface area contributed by atoms with Gasteiger partial charge in [-0.25, -0.2) is 4.98 Å². The summed E-state index contributed by atoms with van der Waals surface area (Å²) in [5.41, 5.74) is 3.61. The van der Waals surface area contributed by atoms with Crippen molar-refractivity contribution in [3.63, 3.8) is 0 Å². The van der Waals surface area contributed by atoms with Crippen LogP contribution >= 0.6 is 0 Å². The van der Waals surface area contributed by atoms with E-state index in [4.69, 9.17) is 9.47 Å². The first-order valence-corrected chi connectivity index (χ1v) is 9.41. The van der Waals surface area contributed by atoms with Crippen LogP contribution < -0.4 is 10.1 Å². The highest BCUT2D eigenvalue weighted by Gasteiger charge is 2.25. The Morgan fingerprint density at radius 1 is 1.37 bits per heavy atom. The molecule has 2 heterocycles. The topological polar surface area (TPSA) is 59.0 Å². The van der Waals surface area contributed by atoms with Crippen molar-refractivity contribution in [2.24, 2.45) is 4.99 Å². The van der Waals surface area contributed by atoms with Gasteiger partial charge >= 0.3 is 0 Å². The third kappa shape index (κ3) is 4.98. The third-order valence-electron chi connectivity index (χ3n) is 4.66. The van der Waals surface area contributed by atoms with Gasteiger partial charge in [0.05, 0.1) is 19.8 Å². The van der Waals surface area contributed by atoms with E-state index in [0.717, 1.165) is 24.6 Å². The molecule has 1 N–H and O–H groups in total. The highest BCUT2D eigenvalue weighted by molar-refractivity contribution is 5.80. The summed E-state index contributed by atoms with van der Waals surface area (Å²) >= 11 is 0. The molecule has 6 heteroatoms. The molecule has 1 unspecified atom stereocenters. The molecule has 0 aliphatic carbocycles. The number of nitrogens with one attached hydrogen (secondary N) is 1. The van der Waals surface area contributed by atoms with Crippen LogP contribution in [-0.2, 0) is 11.3 Å². The van der Waals surface area contributed by atoms with Gasteiger partial charge in [-0.05, 0) is 36.6 Å². The summed E-state index contributed by atoms with van der Waals surface area (Å²) < 4.78 is 11.5. The van der Waals surface area contributed by atoms with Gasteiger partial charge in [0, 0.05) is 32.4 Å². The molecule has 1 atom stereocenters. The molecular weight excluding hydrogens is 340 g/mol. The molecule has 0 spiro atoms. The van der Waals surface area contributed by atoms with Crippen LogP contribution in [0.3, 0.4) is 0 Å². The number of guanidine groups is 1. The van der Waals surface area contributed by atoms with E-state index >= 15 is 0 Å². The average molecular weight is 368 g/mol. The predicted octanol–water partition coefficient (Wildman–Crippen LogP) is 2.94. The minimum Gasteiger partial charge on any atom is -0.478 e. The lowest BCUT2D eigenvalue weighted by Gasteiger charge is -2.35. The van der Waals surface area contributed by atoms with E-state index in [2.05, 4.69) is 51.4 Å². The van der Waals surface area contributed by atoms with E-state index in [9.17, 15) is 0 Å². The number of aliphatic imine (C=N–C) groups is 1. The first-order valence-electron chi connectivity index (χ1n) is 9.41. The van der Waals surface area contributed by atoms with E-state index in [0.29, 0.717) is 25.6 Å². The van der Waals surface area contributed by atoms with E-state index in [1.807, 2.05) is 26.1 Å². The Bertz CT molecular complexity index is 778. The molecule has 0 radical (unpaired) electrons. The van der Waals surface area contributed by atoms with Crippen LogP contribution in [0, 0.1) is 6.92 Å². The van der Waals surface area contributed by atoms with Crippen molar-refractivity contribution >= 4 is 5.96 Å². The monoisotopic (exact) mass is 368 g/mol. The van der Waals surface area contributed by atoms with Crippen LogP contribution in [0.15, 0.2) is 47.6 Å². The molecular formula is C21H28N4O2. The number of morpholine rings is 1. The zero-order valence-electron chi connectivity index (χ0n) is 16.3. The van der Waals surface area contributed by atoms with Crippen molar-refractivity contribution in [1.29, 1.82) is 0 Å². The second kappa shape index (κ2) is 9.37. The van der Waals surface area contributed by atoms with Crippen molar-refractivity contribution < 1.29 is 9.47 Å². The normalized spacial score (nSPS) is 17.7. The highest BCUT2D eigenvalue weighted by atomic mass is 16.5. The second-order valence-electron chi connectivity index (χ2n) is 6.50. The molecule has 3 rings (SSSR count). The maximum atomic E-state index is 6.03. The van der Waals surface area contributed by atoms with Gasteiger partial charge in [0.1, 0.15) is 6.10 Å². The minimum absolute atomic E-state index is 0.0592. The van der Waals surface area contributed by atoms with Crippen LogP contribution in [0.5, 0.6) is 5.88 Å². The number of benzene rings is 1. The molecule has 0 amide bonds. The van der Waals surface area contributed by atoms with Gasteiger partial charge in [-0.2, -0.15) is 0 Å². The number of aromatic nitrogens is 1. The Kier molecular flexibility index (Phi) is 6.65. The zero-order chi connectivity index (χ0) is 19.1. The SMILES string of the molecule is CCOc1cc(CNC(=NC)N2CCOC(c3ccccc3C)C2)ccn1. The first kappa shape index (κ1) is 19.2. The van der Waals surface area contributed by atoms with E-state index in [1.165, 1.54) is 11.1 Å². The molecule has 27 heavy (non-hydrogen) atoms. The molecule has 1 aliphatic heterocycles. The van der Waals surface area contributed by atoms with Gasteiger partial charge in [-0.3, -0.25) is 4.99 Å². The second-order valence-corrected chi connectivity index (χ2v) is 6.50. The number of nitrogens with zero attached hydrogens (tertiary/aromatic N) is 3. The molecule has 0 saturated carbocycles. The summed E-state index contributed by atoms with van der Waals surface area (Å²) in [5, 5.41) is 3.45. The molecule has 6 nitrogen and oxygen atoms in total. The van der Waals surface area contributed by atoms with Gasteiger partial charge in [-0.15, -0.1) is 0 Å². The Balaban J connectivity index is 1.63. The maximum absolute atomic E-state index is 6.03. The maximum Gasteiger partial charge on any atom is 0.213 e. The number of pyridine rings is 1. The van der Waals surface area contributed by atoms with Gasteiger partial charge in [0.2, 0.25) is 5.88 Å². The van der Waals surface area contributed by atoms with Gasteiger partial charge in [0.15, 0.2) is 5.96 Å². The largest absolute Gasteiger partial charge is 0.478 e.